The van der Waals surface area contributed by atoms with E-state index in [-0.39, 0.29) is 23.8 Å². The van der Waals surface area contributed by atoms with Gasteiger partial charge in [-0.1, -0.05) is 45.2 Å². The molecule has 10 heteroatoms. The van der Waals surface area contributed by atoms with Gasteiger partial charge < -0.3 is 25.2 Å². The topological polar surface area (TPSA) is 99.5 Å². The van der Waals surface area contributed by atoms with Crippen LogP contribution in [0.15, 0.2) is 18.2 Å². The maximum Gasteiger partial charge on any atom is 0.272 e. The quantitative estimate of drug-likeness (QED) is 0.525. The van der Waals surface area contributed by atoms with Gasteiger partial charge in [0.2, 0.25) is 5.91 Å². The predicted molar refractivity (Wildman–Crippen MR) is 141 cm³/mol. The molecule has 1 aliphatic heterocycles. The van der Waals surface area contributed by atoms with Crippen molar-refractivity contribution in [2.24, 2.45) is 5.41 Å². The molecule has 1 aromatic heterocycles. The number of nitrogens with zero attached hydrogens (tertiary/aromatic N) is 3. The second-order valence-corrected chi connectivity index (χ2v) is 11.9. The highest BCUT2D eigenvalue weighted by atomic mass is 35.5. The third kappa shape index (κ3) is 5.84. The van der Waals surface area contributed by atoms with E-state index in [1.807, 2.05) is 32.4 Å². The summed E-state index contributed by atoms with van der Waals surface area (Å²) in [6.45, 7) is 7.35. The van der Waals surface area contributed by atoms with Crippen molar-refractivity contribution in [1.82, 2.24) is 25.1 Å². The number of carbonyl (C=O) groups is 2. The molecule has 2 aromatic rings. The van der Waals surface area contributed by atoms with Crippen LogP contribution in [-0.4, -0.2) is 63.2 Å². The van der Waals surface area contributed by atoms with Crippen molar-refractivity contribution in [3.8, 4) is 11.4 Å². The van der Waals surface area contributed by atoms with E-state index < -0.39 is 28.7 Å². The number of hydrogen-bond donors (Lipinski definition) is 3. The summed E-state index contributed by atoms with van der Waals surface area (Å²) in [6.07, 6.45) is 4.09. The van der Waals surface area contributed by atoms with E-state index in [4.69, 9.17) is 11.6 Å². The number of benzene rings is 1. The van der Waals surface area contributed by atoms with Gasteiger partial charge in [-0.15, -0.1) is 0 Å². The molecule has 4 rings (SSSR count). The van der Waals surface area contributed by atoms with Crippen LogP contribution >= 0.6 is 11.6 Å². The van der Waals surface area contributed by atoms with Gasteiger partial charge in [0.15, 0.2) is 5.69 Å². The van der Waals surface area contributed by atoms with Crippen LogP contribution in [0.3, 0.4) is 0 Å². The molecule has 0 saturated heterocycles. The molecular formula is C27H37ClFN5O3. The first-order chi connectivity index (χ1) is 17.4. The molecule has 1 unspecified atom stereocenters. The van der Waals surface area contributed by atoms with Crippen molar-refractivity contribution in [1.29, 1.82) is 0 Å². The van der Waals surface area contributed by atoms with Crippen molar-refractivity contribution in [2.75, 3.05) is 20.2 Å². The van der Waals surface area contributed by atoms with E-state index in [1.165, 1.54) is 18.2 Å². The van der Waals surface area contributed by atoms with Gasteiger partial charge >= 0.3 is 0 Å². The minimum atomic E-state index is -0.865. The van der Waals surface area contributed by atoms with Crippen LogP contribution in [-0.2, 0) is 17.9 Å². The normalized spacial score (nSPS) is 18.7. The largest absolute Gasteiger partial charge is 0.394 e. The maximum atomic E-state index is 14.9. The number of fused-ring (bicyclic) bond motifs is 1. The number of amides is 2. The summed E-state index contributed by atoms with van der Waals surface area (Å²) in [6, 6.07) is 3.42. The summed E-state index contributed by atoms with van der Waals surface area (Å²) in [5.74, 6) is -0.954. The molecule has 1 aromatic carbocycles. The monoisotopic (exact) mass is 533 g/mol. The van der Waals surface area contributed by atoms with Gasteiger partial charge in [0.25, 0.3) is 5.91 Å². The number of aliphatic hydroxyl groups excluding tert-OH is 1. The third-order valence-electron chi connectivity index (χ3n) is 7.45. The van der Waals surface area contributed by atoms with Gasteiger partial charge in [0.1, 0.15) is 17.7 Å². The number of halogens is 2. The average molecular weight is 534 g/mol. The summed E-state index contributed by atoms with van der Waals surface area (Å²) in [7, 11) is 1.96. The SMILES string of the molecule is CN1CCCn2c(-c3cc(Cl)ccc3F)nc(C(=O)NC(C(=O)NC3(CO)CCCC3)C(C)(C)C)c2C1. The summed E-state index contributed by atoms with van der Waals surface area (Å²) in [4.78, 5) is 33.9. The van der Waals surface area contributed by atoms with Crippen LogP contribution in [0.25, 0.3) is 11.4 Å². The summed E-state index contributed by atoms with van der Waals surface area (Å²) in [5, 5.41) is 16.3. The van der Waals surface area contributed by atoms with E-state index in [0.717, 1.165) is 25.8 Å². The molecule has 1 fully saturated rings. The Labute approximate surface area is 222 Å². The van der Waals surface area contributed by atoms with Gasteiger partial charge in [0.05, 0.1) is 23.4 Å². The average Bonchev–Trinajstić information content (AvgIpc) is 3.38. The molecule has 37 heavy (non-hydrogen) atoms. The molecule has 3 N–H and O–H groups in total. The Balaban J connectivity index is 1.70. The van der Waals surface area contributed by atoms with Crippen molar-refractivity contribution < 1.29 is 19.1 Å². The van der Waals surface area contributed by atoms with E-state index in [0.29, 0.717) is 42.5 Å². The smallest absolute Gasteiger partial charge is 0.272 e. The Kier molecular flexibility index (Phi) is 7.97. The van der Waals surface area contributed by atoms with Crippen LogP contribution in [0.4, 0.5) is 4.39 Å². The first kappa shape index (κ1) is 27.5. The lowest BCUT2D eigenvalue weighted by atomic mass is 9.85. The standard InChI is InChI=1S/C27H37ClFN5O3/c1-26(2,3)22(25(37)32-27(16-35)10-5-6-11-27)31-24(36)21-20-15-33(4)12-7-13-34(20)23(30-21)18-14-17(28)8-9-19(18)29/h8-9,14,22,35H,5-7,10-13,15-16H2,1-4H3,(H,31,36)(H,32,37). The van der Waals surface area contributed by atoms with Gasteiger partial charge in [-0.25, -0.2) is 9.37 Å². The number of carbonyl (C=O) groups excluding carboxylic acids is 2. The molecule has 0 spiro atoms. The van der Waals surface area contributed by atoms with E-state index >= 15 is 0 Å². The molecule has 8 nitrogen and oxygen atoms in total. The van der Waals surface area contributed by atoms with Crippen LogP contribution in [0.5, 0.6) is 0 Å². The van der Waals surface area contributed by atoms with Crippen molar-refractivity contribution in [3.05, 3.63) is 40.4 Å². The van der Waals surface area contributed by atoms with Gasteiger partial charge in [0, 0.05) is 18.1 Å². The van der Waals surface area contributed by atoms with Crippen LogP contribution < -0.4 is 10.6 Å². The van der Waals surface area contributed by atoms with E-state index in [2.05, 4.69) is 20.5 Å². The first-order valence-electron chi connectivity index (χ1n) is 12.9. The van der Waals surface area contributed by atoms with Gasteiger partial charge in [-0.3, -0.25) is 9.59 Å². The van der Waals surface area contributed by atoms with Crippen molar-refractivity contribution >= 4 is 23.4 Å². The fourth-order valence-corrected chi connectivity index (χ4v) is 5.53. The predicted octanol–water partition coefficient (Wildman–Crippen LogP) is 3.74. The number of imidazole rings is 1. The lowest BCUT2D eigenvalue weighted by Gasteiger charge is -2.35. The number of hydrogen-bond acceptors (Lipinski definition) is 5. The van der Waals surface area contributed by atoms with Crippen molar-refractivity contribution in [2.45, 2.75) is 77.5 Å². The Morgan fingerprint density at radius 3 is 2.57 bits per heavy atom. The summed E-state index contributed by atoms with van der Waals surface area (Å²) >= 11 is 6.17. The molecule has 2 heterocycles. The van der Waals surface area contributed by atoms with Crippen LogP contribution in [0.2, 0.25) is 5.02 Å². The van der Waals surface area contributed by atoms with Crippen molar-refractivity contribution in [3.63, 3.8) is 0 Å². The Bertz CT molecular complexity index is 1170. The first-order valence-corrected chi connectivity index (χ1v) is 13.3. The number of aliphatic hydroxyl groups is 1. The minimum Gasteiger partial charge on any atom is -0.394 e. The lowest BCUT2D eigenvalue weighted by Crippen LogP contribution is -2.59. The highest BCUT2D eigenvalue weighted by molar-refractivity contribution is 6.30. The molecule has 1 aliphatic carbocycles. The lowest BCUT2D eigenvalue weighted by molar-refractivity contribution is -0.127. The second-order valence-electron chi connectivity index (χ2n) is 11.5. The molecule has 2 aliphatic rings. The molecule has 0 radical (unpaired) electrons. The fraction of sp³-hybridized carbons (Fsp3) is 0.593. The highest BCUT2D eigenvalue weighted by Crippen LogP contribution is 2.32. The molecular weight excluding hydrogens is 497 g/mol. The van der Waals surface area contributed by atoms with Gasteiger partial charge in [-0.2, -0.15) is 0 Å². The number of rotatable bonds is 6. The van der Waals surface area contributed by atoms with E-state index in [1.54, 1.807) is 0 Å². The molecule has 0 bridgehead atoms. The number of nitrogens with one attached hydrogen (secondary N) is 2. The summed E-state index contributed by atoms with van der Waals surface area (Å²) < 4.78 is 16.7. The van der Waals surface area contributed by atoms with Gasteiger partial charge in [-0.05, 0) is 56.5 Å². The fourth-order valence-electron chi connectivity index (χ4n) is 5.36. The second kappa shape index (κ2) is 10.7. The Morgan fingerprint density at radius 1 is 1.22 bits per heavy atom. The molecule has 202 valence electrons. The minimum absolute atomic E-state index is 0.140. The molecule has 2 amide bonds. The van der Waals surface area contributed by atoms with Crippen LogP contribution in [0, 0.1) is 11.2 Å². The molecule has 1 saturated carbocycles. The Hall–Kier alpha value is -2.49. The third-order valence-corrected chi connectivity index (χ3v) is 7.69. The summed E-state index contributed by atoms with van der Waals surface area (Å²) in [5.41, 5.74) is -0.194. The Morgan fingerprint density at radius 2 is 1.92 bits per heavy atom. The highest BCUT2D eigenvalue weighted by Gasteiger charge is 2.41. The van der Waals surface area contributed by atoms with Crippen LogP contribution in [0.1, 0.15) is 69.1 Å². The zero-order valence-corrected chi connectivity index (χ0v) is 22.8. The number of aromatic nitrogens is 2. The van der Waals surface area contributed by atoms with E-state index in [9.17, 15) is 19.1 Å². The maximum absolute atomic E-state index is 14.9. The zero-order valence-electron chi connectivity index (χ0n) is 22.0. The zero-order chi connectivity index (χ0) is 27.0. The molecule has 1 atom stereocenters.